The van der Waals surface area contributed by atoms with Gasteiger partial charge in [-0.2, -0.15) is 4.98 Å². The Morgan fingerprint density at radius 2 is 1.78 bits per heavy atom. The lowest BCUT2D eigenvalue weighted by molar-refractivity contribution is -0.121. The maximum Gasteiger partial charge on any atom is 0.253 e. The number of piperidine rings is 1. The van der Waals surface area contributed by atoms with Crippen molar-refractivity contribution in [1.29, 1.82) is 0 Å². The van der Waals surface area contributed by atoms with E-state index < -0.39 is 0 Å². The maximum absolute atomic E-state index is 13.0. The third-order valence-corrected chi connectivity index (χ3v) is 7.12. The van der Waals surface area contributed by atoms with Crippen molar-refractivity contribution in [3.63, 3.8) is 0 Å². The fourth-order valence-corrected chi connectivity index (χ4v) is 4.92. The van der Waals surface area contributed by atoms with Crippen LogP contribution in [0, 0.1) is 5.92 Å². The van der Waals surface area contributed by atoms with Crippen molar-refractivity contribution in [2.45, 2.75) is 25.9 Å². The minimum Gasteiger partial charge on any atom is -0.348 e. The van der Waals surface area contributed by atoms with Crippen molar-refractivity contribution in [2.24, 2.45) is 5.92 Å². The van der Waals surface area contributed by atoms with Gasteiger partial charge in [-0.1, -0.05) is 53.7 Å². The molecule has 184 valence electrons. The molecule has 2 aromatic heterocycles. The van der Waals surface area contributed by atoms with Crippen LogP contribution < -0.4 is 10.6 Å². The van der Waals surface area contributed by atoms with Crippen LogP contribution in [0.15, 0.2) is 76.6 Å². The standard InChI is InChI=1S/C27H27N5O3S/c33-26(29-22-10-5-4-9-21(22)27(34)28-17-19-7-2-1-3-8-19)20-12-14-32(15-13-20)18-24-30-25(31-35-24)23-11-6-16-36-23/h1-11,16,20H,12-15,17-18H2,(H,28,34)(H,29,33). The molecule has 36 heavy (non-hydrogen) atoms. The Labute approximate surface area is 213 Å². The first-order chi connectivity index (χ1) is 17.7. The average molecular weight is 502 g/mol. The fourth-order valence-electron chi connectivity index (χ4n) is 4.27. The Hall–Kier alpha value is -3.82. The van der Waals surface area contributed by atoms with Gasteiger partial charge in [0.1, 0.15) is 0 Å². The highest BCUT2D eigenvalue weighted by molar-refractivity contribution is 7.13. The van der Waals surface area contributed by atoms with Crippen molar-refractivity contribution >= 4 is 28.8 Å². The minimum absolute atomic E-state index is 0.0595. The molecule has 0 spiro atoms. The molecule has 1 fully saturated rings. The van der Waals surface area contributed by atoms with Gasteiger partial charge in [0.25, 0.3) is 5.91 Å². The molecule has 1 aliphatic heterocycles. The van der Waals surface area contributed by atoms with Gasteiger partial charge in [-0.05, 0) is 55.1 Å². The first-order valence-electron chi connectivity index (χ1n) is 12.0. The average Bonchev–Trinajstić information content (AvgIpc) is 3.61. The number of benzene rings is 2. The second-order valence-electron chi connectivity index (χ2n) is 8.74. The zero-order chi connectivity index (χ0) is 24.7. The molecule has 0 saturated carbocycles. The van der Waals surface area contributed by atoms with Gasteiger partial charge in [-0.25, -0.2) is 0 Å². The molecular weight excluding hydrogens is 474 g/mol. The molecule has 2 N–H and O–H groups in total. The molecule has 0 unspecified atom stereocenters. The van der Waals surface area contributed by atoms with E-state index in [2.05, 4.69) is 25.7 Å². The second kappa shape index (κ2) is 11.3. The van der Waals surface area contributed by atoms with Crippen LogP contribution in [-0.4, -0.2) is 39.9 Å². The number of nitrogens with zero attached hydrogens (tertiary/aromatic N) is 3. The van der Waals surface area contributed by atoms with Crippen molar-refractivity contribution < 1.29 is 14.1 Å². The molecule has 0 aliphatic carbocycles. The van der Waals surface area contributed by atoms with Gasteiger partial charge >= 0.3 is 0 Å². The Balaban J connectivity index is 1.13. The number of nitrogens with one attached hydrogen (secondary N) is 2. The molecule has 0 radical (unpaired) electrons. The van der Waals surface area contributed by atoms with Gasteiger partial charge < -0.3 is 15.2 Å². The first kappa shape index (κ1) is 23.9. The summed E-state index contributed by atoms with van der Waals surface area (Å²) in [5, 5.41) is 12.0. The summed E-state index contributed by atoms with van der Waals surface area (Å²) < 4.78 is 5.41. The smallest absolute Gasteiger partial charge is 0.253 e. The Morgan fingerprint density at radius 3 is 2.56 bits per heavy atom. The summed E-state index contributed by atoms with van der Waals surface area (Å²) in [4.78, 5) is 33.5. The molecule has 8 nitrogen and oxygen atoms in total. The number of rotatable bonds is 8. The van der Waals surface area contributed by atoms with Crippen molar-refractivity contribution in [3.05, 3.63) is 89.1 Å². The number of amides is 2. The summed E-state index contributed by atoms with van der Waals surface area (Å²) in [5.74, 6) is 0.797. The number of anilines is 1. The van der Waals surface area contributed by atoms with Crippen LogP contribution in [0.5, 0.6) is 0 Å². The molecule has 0 atom stereocenters. The number of hydrogen-bond acceptors (Lipinski definition) is 7. The molecule has 4 aromatic rings. The highest BCUT2D eigenvalue weighted by Gasteiger charge is 2.27. The van der Waals surface area contributed by atoms with Crippen LogP contribution in [0.25, 0.3) is 10.7 Å². The van der Waals surface area contributed by atoms with Crippen LogP contribution in [0.2, 0.25) is 0 Å². The lowest BCUT2D eigenvalue weighted by Crippen LogP contribution is -2.38. The highest BCUT2D eigenvalue weighted by atomic mass is 32.1. The van der Waals surface area contributed by atoms with Gasteiger partial charge in [-0.15, -0.1) is 11.3 Å². The molecule has 9 heteroatoms. The first-order valence-corrected chi connectivity index (χ1v) is 12.8. The number of hydrogen-bond donors (Lipinski definition) is 2. The third-order valence-electron chi connectivity index (χ3n) is 6.25. The topological polar surface area (TPSA) is 100 Å². The summed E-state index contributed by atoms with van der Waals surface area (Å²) in [7, 11) is 0. The minimum atomic E-state index is -0.217. The van der Waals surface area contributed by atoms with Crippen LogP contribution in [0.3, 0.4) is 0 Å². The van der Waals surface area contributed by atoms with Crippen LogP contribution >= 0.6 is 11.3 Å². The molecule has 3 heterocycles. The lowest BCUT2D eigenvalue weighted by Gasteiger charge is -2.30. The van der Waals surface area contributed by atoms with E-state index in [0.717, 1.165) is 36.4 Å². The number of thiophene rings is 1. The van der Waals surface area contributed by atoms with Gasteiger partial charge in [0, 0.05) is 12.5 Å². The normalized spacial score (nSPS) is 14.4. The highest BCUT2D eigenvalue weighted by Crippen LogP contribution is 2.24. The molecular formula is C27H27N5O3S. The fraction of sp³-hybridized carbons (Fsp3) is 0.259. The van der Waals surface area contributed by atoms with Crippen molar-refractivity contribution in [3.8, 4) is 10.7 Å². The van der Waals surface area contributed by atoms with E-state index in [4.69, 9.17) is 4.52 Å². The van der Waals surface area contributed by atoms with Gasteiger partial charge in [-0.3, -0.25) is 14.5 Å². The molecule has 0 bridgehead atoms. The van der Waals surface area contributed by atoms with E-state index in [1.807, 2.05) is 53.9 Å². The zero-order valence-electron chi connectivity index (χ0n) is 19.7. The van der Waals surface area contributed by atoms with E-state index >= 15 is 0 Å². The van der Waals surface area contributed by atoms with Gasteiger partial charge in [0.05, 0.1) is 22.7 Å². The predicted octanol–water partition coefficient (Wildman–Crippen LogP) is 4.58. The molecule has 1 aliphatic rings. The SMILES string of the molecule is O=C(NCc1ccccc1)c1ccccc1NC(=O)C1CCN(Cc2nc(-c3cccs3)no2)CC1. The summed E-state index contributed by atoms with van der Waals surface area (Å²) in [6.07, 6.45) is 1.44. The van der Waals surface area contributed by atoms with E-state index in [0.29, 0.717) is 36.1 Å². The number of likely N-dealkylation sites (tertiary alicyclic amines) is 1. The Kier molecular flexibility index (Phi) is 7.49. The number of carbonyl (C=O) groups is 2. The van der Waals surface area contributed by atoms with E-state index in [1.54, 1.807) is 29.5 Å². The molecule has 2 aromatic carbocycles. The Morgan fingerprint density at radius 1 is 1.00 bits per heavy atom. The number of para-hydroxylation sites is 1. The zero-order valence-corrected chi connectivity index (χ0v) is 20.5. The second-order valence-corrected chi connectivity index (χ2v) is 9.69. The maximum atomic E-state index is 13.0. The quantitative estimate of drug-likeness (QED) is 0.367. The van der Waals surface area contributed by atoms with E-state index in [-0.39, 0.29) is 17.7 Å². The van der Waals surface area contributed by atoms with Crippen molar-refractivity contribution in [1.82, 2.24) is 20.4 Å². The van der Waals surface area contributed by atoms with Crippen molar-refractivity contribution in [2.75, 3.05) is 18.4 Å². The summed E-state index contributed by atoms with van der Waals surface area (Å²) in [6.45, 7) is 2.51. The van der Waals surface area contributed by atoms with Crippen LogP contribution in [0.1, 0.15) is 34.7 Å². The largest absolute Gasteiger partial charge is 0.348 e. The monoisotopic (exact) mass is 501 g/mol. The Bertz CT molecular complexity index is 1300. The van der Waals surface area contributed by atoms with Crippen LogP contribution in [0.4, 0.5) is 5.69 Å². The van der Waals surface area contributed by atoms with Gasteiger partial charge in [0.15, 0.2) is 0 Å². The number of carbonyl (C=O) groups excluding carboxylic acids is 2. The van der Waals surface area contributed by atoms with E-state index in [1.165, 1.54) is 0 Å². The summed E-state index contributed by atoms with van der Waals surface area (Å²) >= 11 is 1.58. The summed E-state index contributed by atoms with van der Waals surface area (Å²) in [5.41, 5.74) is 2.00. The lowest BCUT2D eigenvalue weighted by atomic mass is 9.95. The van der Waals surface area contributed by atoms with Gasteiger partial charge in [0.2, 0.25) is 17.6 Å². The van der Waals surface area contributed by atoms with E-state index in [9.17, 15) is 9.59 Å². The summed E-state index contributed by atoms with van der Waals surface area (Å²) in [6, 6.07) is 20.8. The molecule has 2 amide bonds. The molecule has 1 saturated heterocycles. The van der Waals surface area contributed by atoms with Crippen LogP contribution in [-0.2, 0) is 17.9 Å². The third kappa shape index (κ3) is 5.87. The number of aromatic nitrogens is 2. The predicted molar refractivity (Wildman–Crippen MR) is 138 cm³/mol. The molecule has 5 rings (SSSR count).